The Balaban J connectivity index is 1.09. The lowest BCUT2D eigenvalue weighted by Crippen LogP contribution is -2.00. The van der Waals surface area contributed by atoms with E-state index in [1.54, 1.807) is 11.3 Å². The van der Waals surface area contributed by atoms with Crippen molar-refractivity contribution >= 4 is 43.4 Å². The molecule has 0 atom stereocenters. The Morgan fingerprint density at radius 1 is 0.365 bits per heavy atom. The molecule has 52 heavy (non-hydrogen) atoms. The third kappa shape index (κ3) is 5.34. The van der Waals surface area contributed by atoms with Gasteiger partial charge in [-0.3, -0.25) is 0 Å². The Bertz CT molecular complexity index is 2860. The summed E-state index contributed by atoms with van der Waals surface area (Å²) >= 11 is 1.73. The maximum absolute atomic E-state index is 5.05. The molecule has 0 saturated heterocycles. The van der Waals surface area contributed by atoms with Gasteiger partial charge in [0.25, 0.3) is 0 Å². The van der Waals surface area contributed by atoms with E-state index in [-0.39, 0.29) is 0 Å². The Labute approximate surface area is 304 Å². The minimum atomic E-state index is 0.626. The molecule has 0 radical (unpaired) electrons. The normalized spacial score (nSPS) is 11.5. The fourth-order valence-electron chi connectivity index (χ4n) is 6.96. The van der Waals surface area contributed by atoms with Crippen LogP contribution < -0.4 is 0 Å². The number of thiazole rings is 1. The molecule has 0 amide bonds. The summed E-state index contributed by atoms with van der Waals surface area (Å²) in [6.45, 7) is 0. The number of benzene rings is 7. The van der Waals surface area contributed by atoms with Gasteiger partial charge >= 0.3 is 0 Å². The molecule has 0 aliphatic rings. The first-order valence-corrected chi connectivity index (χ1v) is 18.0. The highest BCUT2D eigenvalue weighted by Crippen LogP contribution is 2.37. The minimum Gasteiger partial charge on any atom is -0.309 e. The summed E-state index contributed by atoms with van der Waals surface area (Å²) in [5.41, 5.74) is 10.5. The molecule has 0 N–H and O–H groups in total. The highest BCUT2D eigenvalue weighted by Gasteiger charge is 2.17. The van der Waals surface area contributed by atoms with E-state index in [2.05, 4.69) is 138 Å². The van der Waals surface area contributed by atoms with E-state index in [0.717, 1.165) is 60.6 Å². The van der Waals surface area contributed by atoms with Gasteiger partial charge in [-0.2, -0.15) is 0 Å². The Hall–Kier alpha value is -6.76. The van der Waals surface area contributed by atoms with E-state index in [0.29, 0.717) is 17.5 Å². The summed E-state index contributed by atoms with van der Waals surface area (Å²) in [4.78, 5) is 20.0. The molecule has 10 rings (SSSR count). The zero-order valence-electron chi connectivity index (χ0n) is 27.9. The molecule has 10 aromatic rings. The summed E-state index contributed by atoms with van der Waals surface area (Å²) in [6, 6.07) is 61.0. The number of para-hydroxylation sites is 2. The van der Waals surface area contributed by atoms with Gasteiger partial charge in [0, 0.05) is 38.7 Å². The summed E-state index contributed by atoms with van der Waals surface area (Å²) in [7, 11) is 0. The van der Waals surface area contributed by atoms with Gasteiger partial charge in [-0.15, -0.1) is 11.3 Å². The van der Waals surface area contributed by atoms with Crippen molar-refractivity contribution in [2.24, 2.45) is 0 Å². The Morgan fingerprint density at radius 3 is 1.71 bits per heavy atom. The average molecular weight is 684 g/mol. The maximum atomic E-state index is 5.05. The van der Waals surface area contributed by atoms with Crippen LogP contribution >= 0.6 is 11.3 Å². The minimum absolute atomic E-state index is 0.626. The van der Waals surface area contributed by atoms with Crippen LogP contribution in [0.25, 0.3) is 93.6 Å². The molecule has 0 saturated carbocycles. The summed E-state index contributed by atoms with van der Waals surface area (Å²) in [5.74, 6) is 1.90. The lowest BCUT2D eigenvalue weighted by atomic mass is 10.0. The second-order valence-electron chi connectivity index (χ2n) is 12.7. The van der Waals surface area contributed by atoms with E-state index >= 15 is 0 Å². The Kier molecular flexibility index (Phi) is 7.25. The highest BCUT2D eigenvalue weighted by molar-refractivity contribution is 7.21. The van der Waals surface area contributed by atoms with Gasteiger partial charge in [0.1, 0.15) is 5.01 Å². The molecule has 0 fully saturated rings. The molecular formula is C46H29N5S. The molecule has 244 valence electrons. The summed E-state index contributed by atoms with van der Waals surface area (Å²) in [5, 5.41) is 3.44. The average Bonchev–Trinajstić information content (AvgIpc) is 3.81. The van der Waals surface area contributed by atoms with Crippen molar-refractivity contribution < 1.29 is 0 Å². The van der Waals surface area contributed by atoms with Crippen molar-refractivity contribution in [1.29, 1.82) is 0 Å². The SMILES string of the molecule is c1ccc(-c2cccc(-c3nc(-c4ccccc4)nc(-c4ccc(-n5c6ccccc6c6ccc(-c7nc8ccccc8s7)cc65)cc4)n3)c2)cc1. The topological polar surface area (TPSA) is 56.5 Å². The molecule has 3 aromatic heterocycles. The number of nitrogens with zero attached hydrogens (tertiary/aromatic N) is 5. The van der Waals surface area contributed by atoms with Crippen LogP contribution in [-0.4, -0.2) is 24.5 Å². The van der Waals surface area contributed by atoms with Crippen molar-refractivity contribution in [3.63, 3.8) is 0 Å². The van der Waals surface area contributed by atoms with E-state index in [4.69, 9.17) is 19.9 Å². The van der Waals surface area contributed by atoms with Crippen LogP contribution in [-0.2, 0) is 0 Å². The number of aromatic nitrogens is 5. The number of rotatable bonds is 6. The van der Waals surface area contributed by atoms with E-state index in [9.17, 15) is 0 Å². The second-order valence-corrected chi connectivity index (χ2v) is 13.8. The lowest BCUT2D eigenvalue weighted by molar-refractivity contribution is 1.07. The molecule has 0 bridgehead atoms. The van der Waals surface area contributed by atoms with E-state index < -0.39 is 0 Å². The zero-order valence-corrected chi connectivity index (χ0v) is 28.7. The quantitative estimate of drug-likeness (QED) is 0.175. The third-order valence-corrected chi connectivity index (χ3v) is 10.6. The largest absolute Gasteiger partial charge is 0.309 e. The molecule has 0 aliphatic carbocycles. The van der Waals surface area contributed by atoms with Crippen LogP contribution in [0.2, 0.25) is 0 Å². The van der Waals surface area contributed by atoms with Crippen molar-refractivity contribution in [1.82, 2.24) is 24.5 Å². The smallest absolute Gasteiger partial charge is 0.164 e. The van der Waals surface area contributed by atoms with Crippen LogP contribution in [0.3, 0.4) is 0 Å². The second kappa shape index (κ2) is 12.5. The first-order chi connectivity index (χ1) is 25.7. The first-order valence-electron chi connectivity index (χ1n) is 17.2. The summed E-state index contributed by atoms with van der Waals surface area (Å²) in [6.07, 6.45) is 0. The van der Waals surface area contributed by atoms with Gasteiger partial charge in [-0.05, 0) is 65.7 Å². The van der Waals surface area contributed by atoms with Crippen LogP contribution in [0, 0.1) is 0 Å². The molecule has 7 aromatic carbocycles. The van der Waals surface area contributed by atoms with Crippen LogP contribution in [0.1, 0.15) is 0 Å². The molecule has 0 spiro atoms. The van der Waals surface area contributed by atoms with E-state index in [1.807, 2.05) is 42.5 Å². The lowest BCUT2D eigenvalue weighted by Gasteiger charge is -2.11. The monoisotopic (exact) mass is 683 g/mol. The van der Waals surface area contributed by atoms with Crippen molar-refractivity contribution in [3.05, 3.63) is 176 Å². The third-order valence-electron chi connectivity index (χ3n) is 9.49. The number of fused-ring (bicyclic) bond motifs is 4. The van der Waals surface area contributed by atoms with Crippen LogP contribution in [0.4, 0.5) is 0 Å². The van der Waals surface area contributed by atoms with Gasteiger partial charge < -0.3 is 4.57 Å². The summed E-state index contributed by atoms with van der Waals surface area (Å²) < 4.78 is 3.53. The zero-order chi connectivity index (χ0) is 34.4. The molecule has 0 unspecified atom stereocenters. The standard InChI is InChI=1S/C46H29N5S/c1-3-12-30(13-4-1)33-16-11-17-34(28-33)45-49-43(31-14-5-2-6-15-31)48-44(50-45)32-22-25-36(26-23-32)51-40-20-9-7-18-37(40)38-27-24-35(29-41(38)51)46-47-39-19-8-10-21-42(39)52-46/h1-29H. The molecule has 0 aliphatic heterocycles. The van der Waals surface area contributed by atoms with Crippen molar-refractivity contribution in [2.75, 3.05) is 0 Å². The van der Waals surface area contributed by atoms with Crippen LogP contribution in [0.15, 0.2) is 176 Å². The van der Waals surface area contributed by atoms with Gasteiger partial charge in [0.15, 0.2) is 17.5 Å². The molecule has 6 heteroatoms. The highest BCUT2D eigenvalue weighted by atomic mass is 32.1. The van der Waals surface area contributed by atoms with Crippen molar-refractivity contribution in [3.8, 4) is 61.5 Å². The predicted octanol–water partition coefficient (Wildman–Crippen LogP) is 11.9. The molecule has 3 heterocycles. The fraction of sp³-hybridized carbons (Fsp3) is 0. The molecule has 5 nitrogen and oxygen atoms in total. The molecular weight excluding hydrogens is 655 g/mol. The fourth-order valence-corrected chi connectivity index (χ4v) is 7.92. The van der Waals surface area contributed by atoms with Gasteiger partial charge in [-0.1, -0.05) is 121 Å². The van der Waals surface area contributed by atoms with E-state index in [1.165, 1.54) is 15.5 Å². The number of hydrogen-bond donors (Lipinski definition) is 0. The van der Waals surface area contributed by atoms with Gasteiger partial charge in [0.05, 0.1) is 21.3 Å². The predicted molar refractivity (Wildman–Crippen MR) is 215 cm³/mol. The van der Waals surface area contributed by atoms with Crippen LogP contribution in [0.5, 0.6) is 0 Å². The van der Waals surface area contributed by atoms with Crippen molar-refractivity contribution in [2.45, 2.75) is 0 Å². The first kappa shape index (κ1) is 30.1. The van der Waals surface area contributed by atoms with Gasteiger partial charge in [0.2, 0.25) is 0 Å². The van der Waals surface area contributed by atoms with Gasteiger partial charge in [-0.25, -0.2) is 19.9 Å². The Morgan fingerprint density at radius 2 is 0.942 bits per heavy atom. The number of hydrogen-bond acceptors (Lipinski definition) is 5. The maximum Gasteiger partial charge on any atom is 0.164 e.